The van der Waals surface area contributed by atoms with Crippen LogP contribution in [0.2, 0.25) is 0 Å². The summed E-state index contributed by atoms with van der Waals surface area (Å²) >= 11 is 0. The summed E-state index contributed by atoms with van der Waals surface area (Å²) in [5.41, 5.74) is -0.973. The normalized spacial score (nSPS) is 17.2. The second-order valence-corrected chi connectivity index (χ2v) is 7.13. The monoisotopic (exact) mass is 390 g/mol. The minimum Gasteiger partial charge on any atom is -0.379 e. The van der Waals surface area contributed by atoms with Gasteiger partial charge in [0.25, 0.3) is 0 Å². The molecule has 1 aromatic heterocycles. The van der Waals surface area contributed by atoms with Crippen LogP contribution in [0.3, 0.4) is 0 Å². The molecule has 0 radical (unpaired) electrons. The molecule has 1 aromatic rings. The van der Waals surface area contributed by atoms with Gasteiger partial charge in [-0.05, 0) is 20.8 Å². The second-order valence-electron chi connectivity index (χ2n) is 7.13. The fourth-order valence-electron chi connectivity index (χ4n) is 2.98. The van der Waals surface area contributed by atoms with Crippen LogP contribution < -0.4 is 10.6 Å². The summed E-state index contributed by atoms with van der Waals surface area (Å²) in [5.74, 6) is 0.482. The van der Waals surface area contributed by atoms with E-state index in [1.165, 1.54) is 13.2 Å². The number of hydrogen-bond donors (Lipinski definition) is 2. The van der Waals surface area contributed by atoms with Crippen molar-refractivity contribution in [3.8, 4) is 0 Å². The Morgan fingerprint density at radius 2 is 1.93 bits per heavy atom. The van der Waals surface area contributed by atoms with Crippen LogP contribution in [-0.2, 0) is 24.5 Å². The van der Waals surface area contributed by atoms with Crippen molar-refractivity contribution in [1.29, 1.82) is 0 Å². The molecule has 0 aliphatic carbocycles. The van der Waals surface area contributed by atoms with Crippen LogP contribution in [0.25, 0.3) is 0 Å². The molecule has 0 amide bonds. The first-order valence-corrected chi connectivity index (χ1v) is 9.08. The number of nitrogens with zero attached hydrogens (tertiary/aromatic N) is 4. The largest absolute Gasteiger partial charge is 0.435 e. The summed E-state index contributed by atoms with van der Waals surface area (Å²) < 4.78 is 45.8. The molecule has 1 fully saturated rings. The molecule has 0 saturated carbocycles. The number of aliphatic imine (C=N–C) groups is 1. The molecule has 2 rings (SSSR count). The Morgan fingerprint density at radius 1 is 1.26 bits per heavy atom. The molecule has 0 aromatic carbocycles. The molecule has 154 valence electrons. The molecule has 2 heterocycles. The van der Waals surface area contributed by atoms with Crippen molar-refractivity contribution in [1.82, 2.24) is 25.3 Å². The fourth-order valence-corrected chi connectivity index (χ4v) is 2.98. The Kier molecular flexibility index (Phi) is 7.10. The fraction of sp³-hybridized carbons (Fsp3) is 0.765. The van der Waals surface area contributed by atoms with E-state index in [0.29, 0.717) is 32.3 Å². The molecule has 0 atom stereocenters. The molecule has 0 unspecified atom stereocenters. The van der Waals surface area contributed by atoms with Gasteiger partial charge in [-0.15, -0.1) is 0 Å². The molecule has 0 bridgehead atoms. The zero-order chi connectivity index (χ0) is 20.1. The summed E-state index contributed by atoms with van der Waals surface area (Å²) in [7, 11) is 1.47. The summed E-state index contributed by atoms with van der Waals surface area (Å²) in [4.78, 5) is 6.65. The van der Waals surface area contributed by atoms with Gasteiger partial charge in [0, 0.05) is 50.5 Å². The number of aromatic nitrogens is 2. The van der Waals surface area contributed by atoms with E-state index in [0.717, 1.165) is 17.8 Å². The van der Waals surface area contributed by atoms with Gasteiger partial charge in [-0.1, -0.05) is 0 Å². The van der Waals surface area contributed by atoms with Crippen LogP contribution in [0, 0.1) is 0 Å². The van der Waals surface area contributed by atoms with Gasteiger partial charge in [-0.25, -0.2) is 4.99 Å². The molecular weight excluding hydrogens is 361 g/mol. The first kappa shape index (κ1) is 21.5. The van der Waals surface area contributed by atoms with Crippen LogP contribution in [0.4, 0.5) is 13.2 Å². The van der Waals surface area contributed by atoms with E-state index in [2.05, 4.69) is 39.5 Å². The Balaban J connectivity index is 2.04. The molecule has 27 heavy (non-hydrogen) atoms. The number of guanidine groups is 1. The average Bonchev–Trinajstić information content (AvgIpc) is 2.99. The van der Waals surface area contributed by atoms with Crippen LogP contribution in [0.15, 0.2) is 11.2 Å². The number of aryl methyl sites for hydroxylation is 1. The highest BCUT2D eigenvalue weighted by Gasteiger charge is 2.36. The van der Waals surface area contributed by atoms with E-state index in [-0.39, 0.29) is 17.6 Å². The van der Waals surface area contributed by atoms with Crippen molar-refractivity contribution < 1.29 is 17.9 Å². The summed E-state index contributed by atoms with van der Waals surface area (Å²) in [5, 5.41) is 9.84. The maximum absolute atomic E-state index is 13.1. The first-order valence-electron chi connectivity index (χ1n) is 9.08. The molecular formula is C17H29F3N6O. The van der Waals surface area contributed by atoms with Crippen LogP contribution in [0.1, 0.15) is 32.0 Å². The maximum Gasteiger partial charge on any atom is 0.435 e. The molecule has 10 heteroatoms. The molecule has 1 saturated heterocycles. The smallest absolute Gasteiger partial charge is 0.379 e. The number of halogens is 3. The number of ether oxygens (including phenoxy) is 1. The number of morpholine rings is 1. The van der Waals surface area contributed by atoms with E-state index >= 15 is 0 Å². The van der Waals surface area contributed by atoms with Crippen LogP contribution >= 0.6 is 0 Å². The third kappa shape index (κ3) is 6.10. The van der Waals surface area contributed by atoms with Gasteiger partial charge in [0.2, 0.25) is 0 Å². The van der Waals surface area contributed by atoms with Gasteiger partial charge >= 0.3 is 6.18 Å². The third-order valence-electron chi connectivity index (χ3n) is 4.48. The number of hydrogen-bond acceptors (Lipinski definition) is 4. The molecule has 1 aliphatic rings. The SMILES string of the molecule is CCNC(=NCc1cn(C)nc1C(F)(F)F)NCC(C)(C)N1CCOCC1. The van der Waals surface area contributed by atoms with E-state index in [1.54, 1.807) is 0 Å². The van der Waals surface area contributed by atoms with Crippen molar-refractivity contribution >= 4 is 5.96 Å². The Hall–Kier alpha value is -1.81. The predicted molar refractivity (Wildman–Crippen MR) is 97.5 cm³/mol. The first-order chi connectivity index (χ1) is 12.6. The number of nitrogens with one attached hydrogen (secondary N) is 2. The highest BCUT2D eigenvalue weighted by atomic mass is 19.4. The predicted octanol–water partition coefficient (Wildman–Crippen LogP) is 1.60. The van der Waals surface area contributed by atoms with Gasteiger partial charge in [-0.3, -0.25) is 9.58 Å². The lowest BCUT2D eigenvalue weighted by Gasteiger charge is -2.41. The zero-order valence-corrected chi connectivity index (χ0v) is 16.4. The van der Waals surface area contributed by atoms with E-state index in [1.807, 2.05) is 6.92 Å². The van der Waals surface area contributed by atoms with Crippen molar-refractivity contribution in [2.75, 3.05) is 39.4 Å². The minimum atomic E-state index is -4.49. The van der Waals surface area contributed by atoms with E-state index in [4.69, 9.17) is 4.74 Å². The zero-order valence-electron chi connectivity index (χ0n) is 16.4. The second kappa shape index (κ2) is 8.92. The summed E-state index contributed by atoms with van der Waals surface area (Å²) in [6, 6.07) is 0. The lowest BCUT2D eigenvalue weighted by Crippen LogP contribution is -2.56. The Morgan fingerprint density at radius 3 is 2.52 bits per heavy atom. The van der Waals surface area contributed by atoms with Crippen LogP contribution in [0.5, 0.6) is 0 Å². The van der Waals surface area contributed by atoms with Gasteiger partial charge < -0.3 is 15.4 Å². The summed E-state index contributed by atoms with van der Waals surface area (Å²) in [6.45, 7) is 10.4. The topological polar surface area (TPSA) is 66.7 Å². The average molecular weight is 390 g/mol. The molecule has 1 aliphatic heterocycles. The minimum absolute atomic E-state index is 0.0506. The van der Waals surface area contributed by atoms with Crippen molar-refractivity contribution in [3.63, 3.8) is 0 Å². The Labute approximate surface area is 158 Å². The maximum atomic E-state index is 13.1. The van der Waals surface area contributed by atoms with E-state index in [9.17, 15) is 13.2 Å². The van der Waals surface area contributed by atoms with Crippen molar-refractivity contribution in [2.24, 2.45) is 12.0 Å². The van der Waals surface area contributed by atoms with Gasteiger partial charge in [0.1, 0.15) is 0 Å². The highest BCUT2D eigenvalue weighted by Crippen LogP contribution is 2.30. The molecule has 0 spiro atoms. The van der Waals surface area contributed by atoms with Crippen LogP contribution in [-0.4, -0.2) is 65.6 Å². The van der Waals surface area contributed by atoms with Gasteiger partial charge in [0.05, 0.1) is 19.8 Å². The van der Waals surface area contributed by atoms with Crippen molar-refractivity contribution in [3.05, 3.63) is 17.5 Å². The lowest BCUT2D eigenvalue weighted by molar-refractivity contribution is -0.142. The standard InChI is InChI=1S/C17H29F3N6O/c1-5-21-15(23-12-16(2,3)26-6-8-27-9-7-26)22-10-13-11-25(4)24-14(13)17(18,19)20/h11H,5-10,12H2,1-4H3,(H2,21,22,23). The number of rotatable bonds is 6. The molecule has 7 nitrogen and oxygen atoms in total. The lowest BCUT2D eigenvalue weighted by atomic mass is 10.0. The summed E-state index contributed by atoms with van der Waals surface area (Å²) in [6.07, 6.45) is -3.14. The van der Waals surface area contributed by atoms with E-state index < -0.39 is 11.9 Å². The highest BCUT2D eigenvalue weighted by molar-refractivity contribution is 5.79. The third-order valence-corrected chi connectivity index (χ3v) is 4.48. The quantitative estimate of drug-likeness (QED) is 0.571. The Bertz CT molecular complexity index is 635. The molecule has 2 N–H and O–H groups in total. The van der Waals surface area contributed by atoms with Gasteiger partial charge in [-0.2, -0.15) is 18.3 Å². The number of alkyl halides is 3. The van der Waals surface area contributed by atoms with Crippen molar-refractivity contribution in [2.45, 2.75) is 39.0 Å². The van der Waals surface area contributed by atoms with Gasteiger partial charge in [0.15, 0.2) is 11.7 Å².